The third-order valence-corrected chi connectivity index (χ3v) is 7.65. The van der Waals surface area contributed by atoms with Gasteiger partial charge >= 0.3 is 0 Å². The van der Waals surface area contributed by atoms with Crippen LogP contribution >= 0.6 is 39.0 Å². The first-order chi connectivity index (χ1) is 14.6. The Kier molecular flexibility index (Phi) is 7.07. The Morgan fingerprint density at radius 3 is 2.93 bits per heavy atom. The van der Waals surface area contributed by atoms with Crippen LogP contribution in [0, 0.1) is 0 Å². The molecular weight excluding hydrogens is 482 g/mol. The Morgan fingerprint density at radius 2 is 2.10 bits per heavy atom. The lowest BCUT2D eigenvalue weighted by Crippen LogP contribution is -2.37. The molecule has 3 aromatic rings. The summed E-state index contributed by atoms with van der Waals surface area (Å²) in [4.78, 5) is 21.3. The number of nitrogens with zero attached hydrogens (tertiary/aromatic N) is 2. The fourth-order valence-corrected chi connectivity index (χ4v) is 5.74. The highest BCUT2D eigenvalue weighted by molar-refractivity contribution is 9.10. The summed E-state index contributed by atoms with van der Waals surface area (Å²) >= 11 is 6.45. The molecule has 1 amide bonds. The SMILES string of the molecule is O=C(CSc1nc2ccc(N=Cc3cc(Br)ccc3O)cc2s1)NC1CCCCC1. The van der Waals surface area contributed by atoms with Gasteiger partial charge in [0, 0.05) is 22.3 Å². The molecule has 0 spiro atoms. The maximum Gasteiger partial charge on any atom is 0.230 e. The molecule has 1 heterocycles. The molecule has 8 heteroatoms. The van der Waals surface area contributed by atoms with Crippen molar-refractivity contribution in [2.45, 2.75) is 42.5 Å². The number of carbonyl (C=O) groups is 1. The fourth-order valence-electron chi connectivity index (χ4n) is 3.45. The van der Waals surface area contributed by atoms with E-state index in [1.165, 1.54) is 31.0 Å². The minimum atomic E-state index is 0.0882. The van der Waals surface area contributed by atoms with Crippen LogP contribution in [-0.4, -0.2) is 34.0 Å². The van der Waals surface area contributed by atoms with Crippen molar-refractivity contribution < 1.29 is 9.90 Å². The summed E-state index contributed by atoms with van der Waals surface area (Å²) in [5, 5.41) is 13.1. The predicted octanol–water partition coefficient (Wildman–Crippen LogP) is 6.06. The van der Waals surface area contributed by atoms with E-state index >= 15 is 0 Å². The number of fused-ring (bicyclic) bond motifs is 1. The number of carbonyl (C=O) groups excluding carboxylic acids is 1. The number of hydrogen-bond donors (Lipinski definition) is 2. The standard InChI is InChI=1S/C22H22BrN3O2S2/c23-15-6-9-19(27)14(10-15)12-24-17-7-8-18-20(11-17)30-22(26-18)29-13-21(28)25-16-4-2-1-3-5-16/h6-12,16,27H,1-5,13H2,(H,25,28). The molecule has 2 N–H and O–H groups in total. The number of aromatic nitrogens is 1. The van der Waals surface area contributed by atoms with Gasteiger partial charge in [-0.3, -0.25) is 9.79 Å². The number of phenolic OH excluding ortho intramolecular Hbond substituents is 1. The molecule has 0 bridgehead atoms. The van der Waals surface area contributed by atoms with Crippen molar-refractivity contribution in [2.24, 2.45) is 4.99 Å². The Labute approximate surface area is 192 Å². The molecule has 2 aromatic carbocycles. The smallest absolute Gasteiger partial charge is 0.230 e. The van der Waals surface area contributed by atoms with Gasteiger partial charge in [-0.2, -0.15) is 0 Å². The van der Waals surface area contributed by atoms with Crippen LogP contribution in [0.4, 0.5) is 5.69 Å². The Bertz CT molecular complexity index is 1080. The molecule has 1 fully saturated rings. The normalized spacial score (nSPS) is 15.1. The molecule has 30 heavy (non-hydrogen) atoms. The summed E-state index contributed by atoms with van der Waals surface area (Å²) in [6.07, 6.45) is 7.54. The lowest BCUT2D eigenvalue weighted by atomic mass is 9.95. The topological polar surface area (TPSA) is 74.6 Å². The molecule has 1 aliphatic rings. The average Bonchev–Trinajstić information content (AvgIpc) is 3.16. The van der Waals surface area contributed by atoms with E-state index in [0.717, 1.165) is 37.6 Å². The van der Waals surface area contributed by atoms with E-state index < -0.39 is 0 Å². The van der Waals surface area contributed by atoms with E-state index in [2.05, 4.69) is 31.2 Å². The van der Waals surface area contributed by atoms with Crippen molar-refractivity contribution in [1.82, 2.24) is 10.3 Å². The van der Waals surface area contributed by atoms with Gasteiger partial charge in [-0.25, -0.2) is 4.98 Å². The van der Waals surface area contributed by atoms with Crippen LogP contribution in [0.15, 0.2) is 50.2 Å². The van der Waals surface area contributed by atoms with Gasteiger partial charge in [0.1, 0.15) is 5.75 Å². The number of benzene rings is 2. The van der Waals surface area contributed by atoms with Crippen molar-refractivity contribution in [3.05, 3.63) is 46.4 Å². The number of phenols is 1. The lowest BCUT2D eigenvalue weighted by Gasteiger charge is -2.22. The number of halogens is 1. The van der Waals surface area contributed by atoms with Crippen molar-refractivity contribution in [1.29, 1.82) is 0 Å². The Hall–Kier alpha value is -1.90. The summed E-state index contributed by atoms with van der Waals surface area (Å²) < 4.78 is 2.79. The van der Waals surface area contributed by atoms with E-state index in [-0.39, 0.29) is 11.7 Å². The van der Waals surface area contributed by atoms with Crippen LogP contribution < -0.4 is 5.32 Å². The molecule has 5 nitrogen and oxygen atoms in total. The zero-order valence-electron chi connectivity index (χ0n) is 16.3. The molecule has 0 radical (unpaired) electrons. The van der Waals surface area contributed by atoms with Crippen molar-refractivity contribution in [2.75, 3.05) is 5.75 Å². The number of hydrogen-bond acceptors (Lipinski definition) is 6. The van der Waals surface area contributed by atoms with Gasteiger partial charge in [-0.05, 0) is 49.2 Å². The third-order valence-electron chi connectivity index (χ3n) is 4.99. The van der Waals surface area contributed by atoms with E-state index in [4.69, 9.17) is 0 Å². The molecule has 1 saturated carbocycles. The number of aromatic hydroxyl groups is 1. The van der Waals surface area contributed by atoms with Crippen LogP contribution in [0.1, 0.15) is 37.7 Å². The maximum atomic E-state index is 12.2. The first kappa shape index (κ1) is 21.3. The molecule has 4 rings (SSSR count). The van der Waals surface area contributed by atoms with Crippen molar-refractivity contribution in [3.63, 3.8) is 0 Å². The quantitative estimate of drug-likeness (QED) is 0.316. The molecule has 1 aromatic heterocycles. The minimum Gasteiger partial charge on any atom is -0.507 e. The summed E-state index contributed by atoms with van der Waals surface area (Å²) in [5.74, 6) is 0.667. The van der Waals surface area contributed by atoms with Crippen LogP contribution in [0.2, 0.25) is 0 Å². The molecule has 0 unspecified atom stereocenters. The average molecular weight is 504 g/mol. The van der Waals surface area contributed by atoms with E-state index in [1.807, 2.05) is 24.3 Å². The first-order valence-corrected chi connectivity index (χ1v) is 12.5. The highest BCUT2D eigenvalue weighted by Crippen LogP contribution is 2.32. The van der Waals surface area contributed by atoms with Gasteiger partial charge < -0.3 is 10.4 Å². The van der Waals surface area contributed by atoms with Gasteiger partial charge in [0.25, 0.3) is 0 Å². The molecule has 0 atom stereocenters. The summed E-state index contributed by atoms with van der Waals surface area (Å²) in [6, 6.07) is 11.4. The van der Waals surface area contributed by atoms with Crippen LogP contribution in [0.25, 0.3) is 10.2 Å². The van der Waals surface area contributed by atoms with E-state index in [0.29, 0.717) is 17.4 Å². The Balaban J connectivity index is 1.39. The summed E-state index contributed by atoms with van der Waals surface area (Å²) in [5.41, 5.74) is 2.34. The monoisotopic (exact) mass is 503 g/mol. The molecule has 1 aliphatic carbocycles. The zero-order chi connectivity index (χ0) is 20.9. The van der Waals surface area contributed by atoms with Crippen LogP contribution in [0.3, 0.4) is 0 Å². The second-order valence-electron chi connectivity index (χ2n) is 7.28. The number of amides is 1. The first-order valence-electron chi connectivity index (χ1n) is 9.92. The predicted molar refractivity (Wildman–Crippen MR) is 128 cm³/mol. The van der Waals surface area contributed by atoms with E-state index in [9.17, 15) is 9.90 Å². The van der Waals surface area contributed by atoms with Crippen LogP contribution in [-0.2, 0) is 4.79 Å². The van der Waals surface area contributed by atoms with Gasteiger partial charge in [0.05, 0.1) is 21.7 Å². The number of aliphatic imine (C=N–C) groups is 1. The highest BCUT2D eigenvalue weighted by Gasteiger charge is 2.16. The third kappa shape index (κ3) is 5.62. The second kappa shape index (κ2) is 9.94. The largest absolute Gasteiger partial charge is 0.507 e. The van der Waals surface area contributed by atoms with Gasteiger partial charge in [0.2, 0.25) is 5.91 Å². The fraction of sp³-hybridized carbons (Fsp3) is 0.318. The van der Waals surface area contributed by atoms with Gasteiger partial charge in [0.15, 0.2) is 4.34 Å². The zero-order valence-corrected chi connectivity index (χ0v) is 19.5. The lowest BCUT2D eigenvalue weighted by molar-refractivity contribution is -0.119. The second-order valence-corrected chi connectivity index (χ2v) is 10.5. The van der Waals surface area contributed by atoms with Gasteiger partial charge in [-0.15, -0.1) is 11.3 Å². The summed E-state index contributed by atoms with van der Waals surface area (Å²) in [7, 11) is 0. The van der Waals surface area contributed by atoms with Crippen molar-refractivity contribution >= 4 is 67.1 Å². The van der Waals surface area contributed by atoms with Crippen LogP contribution in [0.5, 0.6) is 5.75 Å². The highest BCUT2D eigenvalue weighted by atomic mass is 79.9. The number of rotatable bonds is 6. The minimum absolute atomic E-state index is 0.0882. The number of nitrogens with one attached hydrogen (secondary N) is 1. The summed E-state index contributed by atoms with van der Waals surface area (Å²) in [6.45, 7) is 0. The van der Waals surface area contributed by atoms with Crippen molar-refractivity contribution in [3.8, 4) is 5.75 Å². The van der Waals surface area contributed by atoms with Gasteiger partial charge in [-0.1, -0.05) is 47.0 Å². The Morgan fingerprint density at radius 1 is 1.27 bits per heavy atom. The molecular formula is C22H22BrN3O2S2. The molecule has 0 saturated heterocycles. The number of thiazole rings is 1. The van der Waals surface area contributed by atoms with E-state index in [1.54, 1.807) is 29.7 Å². The number of thioether (sulfide) groups is 1. The molecule has 0 aliphatic heterocycles. The molecule has 156 valence electrons. The maximum absolute atomic E-state index is 12.2.